The molecule has 0 saturated carbocycles. The average Bonchev–Trinajstić information content (AvgIpc) is 2.94. The number of amides is 2. The molecule has 0 unspecified atom stereocenters. The maximum Gasteiger partial charge on any atom is 0.256 e. The van der Waals surface area contributed by atoms with Crippen molar-refractivity contribution in [2.75, 3.05) is 13.6 Å². The molecule has 0 spiro atoms. The molecule has 3 N–H and O–H groups in total. The van der Waals surface area contributed by atoms with Gasteiger partial charge in [0.1, 0.15) is 0 Å². The first-order valence-electron chi connectivity index (χ1n) is 5.45. The van der Waals surface area contributed by atoms with Gasteiger partial charge in [-0.05, 0) is 12.1 Å². The summed E-state index contributed by atoms with van der Waals surface area (Å²) in [4.78, 5) is 28.1. The SMILES string of the molecule is CN(CC(N)=O)C(=O)c1c[nH]cc1-c1ccc(Cl)s1. The average molecular weight is 298 g/mol. The topological polar surface area (TPSA) is 79.2 Å². The zero-order valence-electron chi connectivity index (χ0n) is 10.1. The van der Waals surface area contributed by atoms with Crippen LogP contribution in [0.5, 0.6) is 0 Å². The van der Waals surface area contributed by atoms with Gasteiger partial charge >= 0.3 is 0 Å². The number of carbonyl (C=O) groups excluding carboxylic acids is 2. The van der Waals surface area contributed by atoms with E-state index in [1.54, 1.807) is 18.5 Å². The van der Waals surface area contributed by atoms with Crippen molar-refractivity contribution in [1.29, 1.82) is 0 Å². The molecule has 0 aliphatic heterocycles. The minimum absolute atomic E-state index is 0.116. The standard InChI is InChI=1S/C12H12ClN3O2S/c1-16(6-11(14)17)12(18)8-5-15-4-7(8)9-2-3-10(13)19-9/h2-5,15H,6H2,1H3,(H2,14,17). The Hall–Kier alpha value is -1.79. The molecular weight excluding hydrogens is 286 g/mol. The lowest BCUT2D eigenvalue weighted by Crippen LogP contribution is -2.35. The minimum atomic E-state index is -0.549. The first-order chi connectivity index (χ1) is 8.99. The fourth-order valence-electron chi connectivity index (χ4n) is 1.71. The molecule has 0 atom stereocenters. The molecule has 0 aliphatic carbocycles. The maximum absolute atomic E-state index is 12.2. The van der Waals surface area contributed by atoms with E-state index >= 15 is 0 Å². The highest BCUT2D eigenvalue weighted by Gasteiger charge is 2.19. The molecule has 7 heteroatoms. The van der Waals surface area contributed by atoms with E-state index in [1.165, 1.54) is 23.3 Å². The zero-order valence-corrected chi connectivity index (χ0v) is 11.7. The summed E-state index contributed by atoms with van der Waals surface area (Å²) in [7, 11) is 1.53. The van der Waals surface area contributed by atoms with Gasteiger partial charge in [-0.1, -0.05) is 11.6 Å². The van der Waals surface area contributed by atoms with Crippen LogP contribution in [0.1, 0.15) is 10.4 Å². The van der Waals surface area contributed by atoms with Gasteiger partial charge in [-0.2, -0.15) is 0 Å². The summed E-state index contributed by atoms with van der Waals surface area (Å²) in [6, 6.07) is 3.62. The normalized spacial score (nSPS) is 10.4. The number of H-pyrrole nitrogens is 1. The Balaban J connectivity index is 2.29. The van der Waals surface area contributed by atoms with Crippen molar-refractivity contribution in [2.45, 2.75) is 0 Å². The van der Waals surface area contributed by atoms with Crippen molar-refractivity contribution in [1.82, 2.24) is 9.88 Å². The molecule has 0 radical (unpaired) electrons. The summed E-state index contributed by atoms with van der Waals surface area (Å²) in [5, 5.41) is 0. The van der Waals surface area contributed by atoms with Crippen molar-refractivity contribution >= 4 is 34.8 Å². The van der Waals surface area contributed by atoms with Gasteiger partial charge < -0.3 is 15.6 Å². The highest BCUT2D eigenvalue weighted by Crippen LogP contribution is 2.33. The third-order valence-electron chi connectivity index (χ3n) is 2.55. The number of aromatic nitrogens is 1. The quantitative estimate of drug-likeness (QED) is 0.904. The van der Waals surface area contributed by atoms with E-state index in [2.05, 4.69) is 4.98 Å². The highest BCUT2D eigenvalue weighted by atomic mass is 35.5. The van der Waals surface area contributed by atoms with Gasteiger partial charge in [0.25, 0.3) is 5.91 Å². The second-order valence-corrected chi connectivity index (χ2v) is 5.73. The van der Waals surface area contributed by atoms with E-state index in [4.69, 9.17) is 17.3 Å². The number of hydrogen-bond acceptors (Lipinski definition) is 3. The van der Waals surface area contributed by atoms with Crippen LogP contribution < -0.4 is 5.73 Å². The second kappa shape index (κ2) is 5.46. The number of aromatic amines is 1. The molecule has 2 rings (SSSR count). The number of carbonyl (C=O) groups is 2. The number of halogens is 1. The predicted octanol–water partition coefficient (Wildman–Crippen LogP) is 1.95. The Labute approximate surface area is 119 Å². The summed E-state index contributed by atoms with van der Waals surface area (Å²) in [6.07, 6.45) is 3.33. The maximum atomic E-state index is 12.2. The molecule has 2 amide bonds. The molecule has 0 bridgehead atoms. The van der Waals surface area contributed by atoms with Crippen LogP contribution in [0.2, 0.25) is 4.34 Å². The molecule has 0 aliphatic rings. The van der Waals surface area contributed by atoms with Gasteiger partial charge in [0.2, 0.25) is 5.91 Å². The molecule has 0 aromatic carbocycles. The fourth-order valence-corrected chi connectivity index (χ4v) is 2.79. The highest BCUT2D eigenvalue weighted by molar-refractivity contribution is 7.19. The summed E-state index contributed by atoms with van der Waals surface area (Å²) in [6.45, 7) is -0.116. The van der Waals surface area contributed by atoms with Crippen molar-refractivity contribution in [3.8, 4) is 10.4 Å². The number of likely N-dealkylation sites (N-methyl/N-ethyl adjacent to an activating group) is 1. The molecule has 0 fully saturated rings. The third-order valence-corrected chi connectivity index (χ3v) is 3.82. The minimum Gasteiger partial charge on any atom is -0.368 e. The molecule has 5 nitrogen and oxygen atoms in total. The number of primary amides is 1. The van der Waals surface area contributed by atoms with E-state index in [0.29, 0.717) is 9.90 Å². The summed E-state index contributed by atoms with van der Waals surface area (Å²) in [5.74, 6) is -0.813. The molecular formula is C12H12ClN3O2S. The molecule has 19 heavy (non-hydrogen) atoms. The zero-order chi connectivity index (χ0) is 14.0. The van der Waals surface area contributed by atoms with Crippen LogP contribution in [-0.4, -0.2) is 35.3 Å². The van der Waals surface area contributed by atoms with Crippen LogP contribution in [0, 0.1) is 0 Å². The number of nitrogens with zero attached hydrogens (tertiary/aromatic N) is 1. The van der Waals surface area contributed by atoms with Crippen molar-refractivity contribution in [3.05, 3.63) is 34.4 Å². The first-order valence-corrected chi connectivity index (χ1v) is 6.64. The smallest absolute Gasteiger partial charge is 0.256 e. The molecule has 100 valence electrons. The lowest BCUT2D eigenvalue weighted by molar-refractivity contribution is -0.118. The van der Waals surface area contributed by atoms with E-state index in [1.807, 2.05) is 6.07 Å². The van der Waals surface area contributed by atoms with E-state index in [0.717, 1.165) is 10.4 Å². The van der Waals surface area contributed by atoms with Crippen LogP contribution in [-0.2, 0) is 4.79 Å². The Morgan fingerprint density at radius 3 is 2.74 bits per heavy atom. The summed E-state index contributed by atoms with van der Waals surface area (Å²) < 4.78 is 0.653. The Kier molecular flexibility index (Phi) is 3.92. The van der Waals surface area contributed by atoms with Gasteiger partial charge in [-0.25, -0.2) is 0 Å². The fraction of sp³-hybridized carbons (Fsp3) is 0.167. The van der Waals surface area contributed by atoms with Crippen molar-refractivity contribution < 1.29 is 9.59 Å². The number of nitrogens with two attached hydrogens (primary N) is 1. The molecule has 2 aromatic heterocycles. The van der Waals surface area contributed by atoms with E-state index in [9.17, 15) is 9.59 Å². The molecule has 2 heterocycles. The van der Waals surface area contributed by atoms with Gasteiger partial charge in [0, 0.05) is 29.9 Å². The summed E-state index contributed by atoms with van der Waals surface area (Å²) in [5.41, 5.74) is 6.33. The van der Waals surface area contributed by atoms with Crippen LogP contribution in [0.25, 0.3) is 10.4 Å². The number of nitrogens with one attached hydrogen (secondary N) is 1. The lowest BCUT2D eigenvalue weighted by Gasteiger charge is -2.14. The lowest BCUT2D eigenvalue weighted by atomic mass is 10.1. The number of hydrogen-bond donors (Lipinski definition) is 2. The third kappa shape index (κ3) is 2.97. The summed E-state index contributed by atoms with van der Waals surface area (Å²) >= 11 is 7.28. The Morgan fingerprint density at radius 2 is 2.16 bits per heavy atom. The van der Waals surface area contributed by atoms with Gasteiger partial charge in [-0.15, -0.1) is 11.3 Å². The molecule has 0 saturated heterocycles. The van der Waals surface area contributed by atoms with Crippen LogP contribution in [0.4, 0.5) is 0 Å². The van der Waals surface area contributed by atoms with E-state index < -0.39 is 5.91 Å². The Bertz CT molecular complexity index is 620. The Morgan fingerprint density at radius 1 is 1.42 bits per heavy atom. The van der Waals surface area contributed by atoms with Crippen LogP contribution >= 0.6 is 22.9 Å². The monoisotopic (exact) mass is 297 g/mol. The van der Waals surface area contributed by atoms with Crippen LogP contribution in [0.3, 0.4) is 0 Å². The van der Waals surface area contributed by atoms with Gasteiger partial charge in [0.15, 0.2) is 0 Å². The first kappa shape index (κ1) is 13.6. The predicted molar refractivity (Wildman–Crippen MR) is 75.3 cm³/mol. The number of thiophene rings is 1. The second-order valence-electron chi connectivity index (χ2n) is 4.01. The van der Waals surface area contributed by atoms with Gasteiger partial charge in [0.05, 0.1) is 16.4 Å². The van der Waals surface area contributed by atoms with Crippen molar-refractivity contribution in [3.63, 3.8) is 0 Å². The van der Waals surface area contributed by atoms with E-state index in [-0.39, 0.29) is 12.5 Å². The number of rotatable bonds is 4. The van der Waals surface area contributed by atoms with Crippen LogP contribution in [0.15, 0.2) is 24.5 Å². The van der Waals surface area contributed by atoms with Gasteiger partial charge in [-0.3, -0.25) is 9.59 Å². The van der Waals surface area contributed by atoms with Crippen molar-refractivity contribution in [2.24, 2.45) is 5.73 Å². The largest absolute Gasteiger partial charge is 0.368 e. The molecule has 2 aromatic rings.